The van der Waals surface area contributed by atoms with Crippen molar-refractivity contribution in [2.24, 2.45) is 11.3 Å². The zero-order valence-electron chi connectivity index (χ0n) is 38.7. The van der Waals surface area contributed by atoms with Crippen molar-refractivity contribution in [2.75, 3.05) is 36.5 Å². The van der Waals surface area contributed by atoms with E-state index in [4.69, 9.17) is 9.47 Å². The van der Waals surface area contributed by atoms with Gasteiger partial charge in [0.1, 0.15) is 24.1 Å². The third kappa shape index (κ3) is 8.73. The maximum Gasteiger partial charge on any atom is 0.297 e. The van der Waals surface area contributed by atoms with Crippen LogP contribution < -0.4 is 24.4 Å². The number of anilines is 2. The summed E-state index contributed by atoms with van der Waals surface area (Å²) in [6, 6.07) is 22.2. The number of sulfonamides is 1. The molecule has 2 atom stereocenters. The predicted molar refractivity (Wildman–Crippen MR) is 257 cm³/mol. The number of carbonyl (C=O) groups is 1. The first kappa shape index (κ1) is 45.6. The van der Waals surface area contributed by atoms with E-state index < -0.39 is 37.0 Å². The number of nitrogens with zero attached hydrogens (tertiary/aromatic N) is 5. The van der Waals surface area contributed by atoms with E-state index >= 15 is 0 Å². The Morgan fingerprint density at radius 1 is 1.03 bits per heavy atom. The van der Waals surface area contributed by atoms with E-state index in [0.29, 0.717) is 54.7 Å². The van der Waals surface area contributed by atoms with Gasteiger partial charge in [-0.25, -0.2) is 18.1 Å². The number of nitro benzene ring substituents is 1. The second-order valence-corrected chi connectivity index (χ2v) is 22.0. The molecule has 2 aliphatic carbocycles. The van der Waals surface area contributed by atoms with Crippen LogP contribution in [0.1, 0.15) is 124 Å². The topological polar surface area (TPSA) is 216 Å². The van der Waals surface area contributed by atoms with Gasteiger partial charge in [0.2, 0.25) is 0 Å². The van der Waals surface area contributed by atoms with E-state index in [1.807, 2.05) is 0 Å². The second kappa shape index (κ2) is 17.7. The first-order valence-corrected chi connectivity index (χ1v) is 25.4. The number of piperidine rings is 1. The number of hydrogen-bond acceptors (Lipinski definition) is 13. The number of aliphatic hydroxyl groups is 1. The summed E-state index contributed by atoms with van der Waals surface area (Å²) >= 11 is 0. The van der Waals surface area contributed by atoms with Gasteiger partial charge in [0.25, 0.3) is 21.6 Å². The molecule has 3 aromatic carbocycles. The maximum atomic E-state index is 14.2. The molecule has 0 radical (unpaired) electrons. The fraction of sp³-hybridized carbons (Fsp3) is 0.471. The number of likely N-dealkylation sites (tertiary alicyclic amines) is 1. The van der Waals surface area contributed by atoms with Crippen LogP contribution >= 0.6 is 0 Å². The SMILES string of the molecule is CC(C)c1ccccc1[C@H]1CCCN1C1CC2(CCN(c3ccc(C(=O)NS(=O)(=O)c4cc5c(c([N+](=O)[O-])c4)N[C@@H]([C@H]4CC[C@](C)(O)CC4)CO5)c(Oc4cc5cc[nH]c5nc4C#N)c3)CC2)C1. The van der Waals surface area contributed by atoms with Crippen molar-refractivity contribution in [3.8, 4) is 23.3 Å². The van der Waals surface area contributed by atoms with E-state index in [1.54, 1.807) is 37.4 Å². The molecule has 1 spiro atoms. The molecule has 4 fully saturated rings. The van der Waals surface area contributed by atoms with Crippen molar-refractivity contribution in [2.45, 2.75) is 120 Å². The lowest BCUT2D eigenvalue weighted by Gasteiger charge is -2.56. The van der Waals surface area contributed by atoms with Crippen LogP contribution in [-0.4, -0.2) is 83.1 Å². The Bertz CT molecular complexity index is 2920. The minimum atomic E-state index is -4.72. The second-order valence-electron chi connectivity index (χ2n) is 20.3. The van der Waals surface area contributed by atoms with Gasteiger partial charge >= 0.3 is 0 Å². The molecule has 2 saturated heterocycles. The first-order valence-electron chi connectivity index (χ1n) is 23.9. The molecule has 68 heavy (non-hydrogen) atoms. The molecule has 1 amide bonds. The van der Waals surface area contributed by atoms with Gasteiger partial charge in [-0.3, -0.25) is 19.8 Å². The molecule has 16 nitrogen and oxygen atoms in total. The molecule has 5 heterocycles. The minimum Gasteiger partial charge on any atom is -0.489 e. The first-order chi connectivity index (χ1) is 32.6. The van der Waals surface area contributed by atoms with Gasteiger partial charge < -0.3 is 29.8 Å². The number of hydrogen-bond donors (Lipinski definition) is 4. The number of H-pyrrole nitrogens is 1. The number of nitrogens with one attached hydrogen (secondary N) is 3. The number of aromatic amines is 1. The molecule has 5 aliphatic rings. The number of nitriles is 1. The Balaban J connectivity index is 0.876. The lowest BCUT2D eigenvalue weighted by atomic mass is 9.59. The summed E-state index contributed by atoms with van der Waals surface area (Å²) in [7, 11) is -4.72. The molecule has 3 aliphatic heterocycles. The van der Waals surface area contributed by atoms with Crippen molar-refractivity contribution in [3.63, 3.8) is 0 Å². The Kier molecular flexibility index (Phi) is 11.9. The Labute approximate surface area is 396 Å². The number of nitro groups is 1. The van der Waals surface area contributed by atoms with Gasteiger partial charge in [0.15, 0.2) is 22.9 Å². The zero-order chi connectivity index (χ0) is 47.5. The standard InChI is InChI=1S/C51H58N8O8S/c1-31(2)37-7-4-5-8-38(37)42-9-6-20-58(42)35-27-51(28-35)17-21-57(22-18-51)34-10-11-39(44(24-34)67-45-23-33-14-19-53-48(33)55-40(45)29-52)49(60)56-68(64,65)36-25-43(59(62)63)47-46(26-36)66-30-41(54-47)32-12-15-50(3,61)16-13-32/h4-5,7-8,10-11,14,19,23-26,31-32,35,41-42,54,61H,6,9,12-13,15-18,20-22,27-28,30H2,1-3H3,(H,53,55)(H,56,60)/t32-,41-,42-,50-/m1/s1. The Morgan fingerprint density at radius 3 is 2.53 bits per heavy atom. The summed E-state index contributed by atoms with van der Waals surface area (Å²) in [4.78, 5) is 37.8. The molecule has 17 heteroatoms. The van der Waals surface area contributed by atoms with Crippen LogP contribution in [0.15, 0.2) is 77.8 Å². The molecular formula is C51H58N8O8S. The fourth-order valence-corrected chi connectivity index (χ4v) is 12.6. The average molecular weight is 943 g/mol. The summed E-state index contributed by atoms with van der Waals surface area (Å²) < 4.78 is 42.5. The highest BCUT2D eigenvalue weighted by Crippen LogP contribution is 2.54. The fourth-order valence-electron chi connectivity index (χ4n) is 11.6. The number of ether oxygens (including phenoxy) is 2. The maximum absolute atomic E-state index is 14.2. The number of aromatic nitrogens is 2. The van der Waals surface area contributed by atoms with Crippen LogP contribution in [0, 0.1) is 32.8 Å². The quantitative estimate of drug-likeness (QED) is 0.0719. The number of amides is 1. The minimum absolute atomic E-state index is 0.00774. The molecule has 4 N–H and O–H groups in total. The van der Waals surface area contributed by atoms with Gasteiger partial charge in [-0.05, 0) is 130 Å². The summed E-state index contributed by atoms with van der Waals surface area (Å²) in [5, 5.41) is 36.8. The van der Waals surface area contributed by atoms with Crippen molar-refractivity contribution in [1.29, 1.82) is 5.26 Å². The lowest BCUT2D eigenvalue weighted by Crippen LogP contribution is -2.54. The van der Waals surface area contributed by atoms with Crippen LogP contribution in [0.2, 0.25) is 0 Å². The summed E-state index contributed by atoms with van der Waals surface area (Å²) in [6.07, 6.45) is 11.0. The lowest BCUT2D eigenvalue weighted by molar-refractivity contribution is -0.384. The monoisotopic (exact) mass is 942 g/mol. The van der Waals surface area contributed by atoms with Gasteiger partial charge in [0.05, 0.1) is 27.0 Å². The molecule has 2 saturated carbocycles. The predicted octanol–water partition coefficient (Wildman–Crippen LogP) is 9.08. The highest BCUT2D eigenvalue weighted by molar-refractivity contribution is 7.90. The molecule has 10 rings (SSSR count). The van der Waals surface area contributed by atoms with Crippen LogP contribution in [0.3, 0.4) is 0 Å². The third-order valence-electron chi connectivity index (χ3n) is 15.5. The smallest absolute Gasteiger partial charge is 0.297 e. The van der Waals surface area contributed by atoms with Crippen molar-refractivity contribution >= 4 is 44.0 Å². The molecule has 356 valence electrons. The molecular weight excluding hydrogens is 885 g/mol. The normalized spacial score (nSPS) is 23.9. The molecule has 0 unspecified atom stereocenters. The summed E-state index contributed by atoms with van der Waals surface area (Å²) in [5.74, 6) is -0.411. The summed E-state index contributed by atoms with van der Waals surface area (Å²) in [5.41, 5.74) is 3.04. The van der Waals surface area contributed by atoms with E-state index in [1.165, 1.54) is 36.1 Å². The van der Waals surface area contributed by atoms with Gasteiger partial charge in [-0.15, -0.1) is 0 Å². The number of rotatable bonds is 11. The van der Waals surface area contributed by atoms with Crippen LogP contribution in [0.25, 0.3) is 11.0 Å². The number of pyridine rings is 1. The molecule has 2 aromatic heterocycles. The van der Waals surface area contributed by atoms with Crippen molar-refractivity contribution in [3.05, 3.63) is 105 Å². The van der Waals surface area contributed by atoms with Gasteiger partial charge in [-0.2, -0.15) is 5.26 Å². The van der Waals surface area contributed by atoms with Crippen molar-refractivity contribution < 1.29 is 32.7 Å². The number of benzene rings is 3. The van der Waals surface area contributed by atoms with E-state index in [2.05, 4.69) is 74.0 Å². The number of fused-ring (bicyclic) bond motifs is 2. The van der Waals surface area contributed by atoms with E-state index in [0.717, 1.165) is 57.1 Å². The number of carbonyl (C=O) groups excluding carboxylic acids is 1. The van der Waals surface area contributed by atoms with Gasteiger partial charge in [0, 0.05) is 60.6 Å². The van der Waals surface area contributed by atoms with Crippen LogP contribution in [-0.2, 0) is 10.0 Å². The van der Waals surface area contributed by atoms with Crippen molar-refractivity contribution in [1.82, 2.24) is 19.6 Å². The van der Waals surface area contributed by atoms with Crippen LogP contribution in [0.4, 0.5) is 17.1 Å². The average Bonchev–Trinajstić information content (AvgIpc) is 3.99. The third-order valence-corrected chi connectivity index (χ3v) is 16.8. The van der Waals surface area contributed by atoms with E-state index in [9.17, 15) is 33.7 Å². The zero-order valence-corrected chi connectivity index (χ0v) is 39.5. The largest absolute Gasteiger partial charge is 0.489 e. The van der Waals surface area contributed by atoms with Gasteiger partial charge in [-0.1, -0.05) is 38.1 Å². The summed E-state index contributed by atoms with van der Waals surface area (Å²) in [6.45, 7) is 9.18. The highest BCUT2D eigenvalue weighted by atomic mass is 32.2. The molecule has 5 aromatic rings. The Morgan fingerprint density at radius 2 is 1.79 bits per heavy atom. The highest BCUT2D eigenvalue weighted by Gasteiger charge is 2.50. The van der Waals surface area contributed by atoms with Crippen LogP contribution in [0.5, 0.6) is 17.2 Å². The van der Waals surface area contributed by atoms with E-state index in [-0.39, 0.29) is 58.2 Å². The Hall–Kier alpha value is -6.22. The molecule has 0 bridgehead atoms.